The molecule has 0 unspecified atom stereocenters. The maximum Gasteiger partial charge on any atom is 0.277 e. The minimum absolute atomic E-state index is 0.155. The highest BCUT2D eigenvalue weighted by Gasteiger charge is 2.11. The predicted octanol–water partition coefficient (Wildman–Crippen LogP) is 6.08. The summed E-state index contributed by atoms with van der Waals surface area (Å²) < 4.78 is 11.2. The number of benzene rings is 2. The van der Waals surface area contributed by atoms with Gasteiger partial charge >= 0.3 is 0 Å². The summed E-state index contributed by atoms with van der Waals surface area (Å²) in [5.41, 5.74) is 1.61. The number of ether oxygens (including phenoxy) is 1. The summed E-state index contributed by atoms with van der Waals surface area (Å²) in [6.45, 7) is 2.32. The Morgan fingerprint density at radius 3 is 2.67 bits per heavy atom. The number of nitrogens with zero attached hydrogens (tertiary/aromatic N) is 2. The van der Waals surface area contributed by atoms with E-state index in [-0.39, 0.29) is 11.7 Å². The number of hydrogen-bond acceptors (Lipinski definition) is 6. The Bertz CT molecular complexity index is 1030. The molecule has 1 N–H and O–H groups in total. The molecule has 3 rings (SSSR count). The third-order valence-electron chi connectivity index (χ3n) is 3.92. The molecule has 0 fully saturated rings. The predicted molar refractivity (Wildman–Crippen MR) is 120 cm³/mol. The van der Waals surface area contributed by atoms with Gasteiger partial charge in [-0.3, -0.25) is 4.79 Å². The van der Waals surface area contributed by atoms with Gasteiger partial charge in [0.15, 0.2) is 0 Å². The van der Waals surface area contributed by atoms with E-state index in [1.807, 2.05) is 6.92 Å². The lowest BCUT2D eigenvalue weighted by molar-refractivity contribution is -0.113. The molecule has 10 heteroatoms. The standard InChI is InChI=1S/C20H18Cl3N3O3S/c1-12-9-13(21)4-6-16(12)24-18(27)11-30-20-26-25-19(29-20)3-2-8-28-17-7-5-14(22)10-15(17)23/h4-7,9-10H,2-3,8,11H2,1H3,(H,24,27). The van der Waals surface area contributed by atoms with Crippen LogP contribution in [0.5, 0.6) is 5.75 Å². The number of amides is 1. The summed E-state index contributed by atoms with van der Waals surface area (Å²) in [5.74, 6) is 1.04. The molecule has 0 aliphatic heterocycles. The molecule has 0 aliphatic carbocycles. The molecule has 0 spiro atoms. The van der Waals surface area contributed by atoms with Crippen molar-refractivity contribution >= 4 is 58.2 Å². The van der Waals surface area contributed by atoms with E-state index in [0.717, 1.165) is 11.3 Å². The zero-order valence-electron chi connectivity index (χ0n) is 16.0. The lowest BCUT2D eigenvalue weighted by Gasteiger charge is -2.07. The molecule has 0 radical (unpaired) electrons. The highest BCUT2D eigenvalue weighted by molar-refractivity contribution is 7.99. The van der Waals surface area contributed by atoms with Crippen molar-refractivity contribution in [1.29, 1.82) is 0 Å². The number of carbonyl (C=O) groups is 1. The maximum atomic E-state index is 12.1. The van der Waals surface area contributed by atoms with Gasteiger partial charge in [0.05, 0.1) is 17.4 Å². The number of anilines is 1. The smallest absolute Gasteiger partial charge is 0.277 e. The zero-order valence-corrected chi connectivity index (χ0v) is 19.0. The SMILES string of the molecule is Cc1cc(Cl)ccc1NC(=O)CSc1nnc(CCCOc2ccc(Cl)cc2Cl)o1. The van der Waals surface area contributed by atoms with Crippen LogP contribution < -0.4 is 10.1 Å². The number of hydrogen-bond donors (Lipinski definition) is 1. The van der Waals surface area contributed by atoms with E-state index >= 15 is 0 Å². The summed E-state index contributed by atoms with van der Waals surface area (Å²) in [5, 5.41) is 12.8. The number of thioether (sulfide) groups is 1. The van der Waals surface area contributed by atoms with Crippen LogP contribution in [-0.4, -0.2) is 28.5 Å². The van der Waals surface area contributed by atoms with Crippen molar-refractivity contribution in [3.05, 3.63) is 62.9 Å². The van der Waals surface area contributed by atoms with Gasteiger partial charge in [0.25, 0.3) is 5.22 Å². The topological polar surface area (TPSA) is 77.2 Å². The lowest BCUT2D eigenvalue weighted by Crippen LogP contribution is -2.14. The molecule has 0 atom stereocenters. The second-order valence-electron chi connectivity index (χ2n) is 6.28. The van der Waals surface area contributed by atoms with Gasteiger partial charge in [0, 0.05) is 22.2 Å². The highest BCUT2D eigenvalue weighted by atomic mass is 35.5. The fourth-order valence-corrected chi connectivity index (χ4v) is 3.75. The summed E-state index contributed by atoms with van der Waals surface area (Å²) in [7, 11) is 0. The van der Waals surface area contributed by atoms with Crippen LogP contribution in [0.4, 0.5) is 5.69 Å². The number of aromatic nitrogens is 2. The zero-order chi connectivity index (χ0) is 21.5. The molecule has 1 amide bonds. The first kappa shape index (κ1) is 22.7. The van der Waals surface area contributed by atoms with Crippen LogP contribution in [-0.2, 0) is 11.2 Å². The summed E-state index contributed by atoms with van der Waals surface area (Å²) in [6.07, 6.45) is 1.22. The van der Waals surface area contributed by atoms with Crippen molar-refractivity contribution in [3.8, 4) is 5.75 Å². The van der Waals surface area contributed by atoms with Gasteiger partial charge in [0.2, 0.25) is 11.8 Å². The molecule has 0 bridgehead atoms. The van der Waals surface area contributed by atoms with E-state index < -0.39 is 0 Å². The number of rotatable bonds is 9. The van der Waals surface area contributed by atoms with Crippen LogP contribution >= 0.6 is 46.6 Å². The fraction of sp³-hybridized carbons (Fsp3) is 0.250. The monoisotopic (exact) mass is 485 g/mol. The molecular formula is C20H18Cl3N3O3S. The fourth-order valence-electron chi connectivity index (χ4n) is 2.48. The highest BCUT2D eigenvalue weighted by Crippen LogP contribution is 2.27. The second-order valence-corrected chi connectivity index (χ2v) is 8.49. The van der Waals surface area contributed by atoms with Crippen LogP contribution in [0, 0.1) is 6.92 Å². The van der Waals surface area contributed by atoms with Crippen LogP contribution in [0.25, 0.3) is 0 Å². The van der Waals surface area contributed by atoms with Gasteiger partial charge < -0.3 is 14.5 Å². The quantitative estimate of drug-likeness (QED) is 0.292. The van der Waals surface area contributed by atoms with Crippen LogP contribution in [0.15, 0.2) is 46.0 Å². The van der Waals surface area contributed by atoms with E-state index in [1.165, 1.54) is 11.8 Å². The second kappa shape index (κ2) is 10.9. The molecule has 2 aromatic carbocycles. The van der Waals surface area contributed by atoms with Crippen molar-refractivity contribution < 1.29 is 13.9 Å². The van der Waals surface area contributed by atoms with Gasteiger partial charge in [-0.25, -0.2) is 0 Å². The first-order chi connectivity index (χ1) is 14.4. The molecule has 0 saturated carbocycles. The third-order valence-corrected chi connectivity index (χ3v) is 5.51. The average Bonchev–Trinajstić information content (AvgIpc) is 3.15. The number of aryl methyl sites for hydroxylation is 2. The minimum atomic E-state index is -0.168. The molecule has 6 nitrogen and oxygen atoms in total. The molecular weight excluding hydrogens is 469 g/mol. The van der Waals surface area contributed by atoms with Gasteiger partial charge in [-0.2, -0.15) is 0 Å². The van der Waals surface area contributed by atoms with Crippen molar-refractivity contribution in [1.82, 2.24) is 10.2 Å². The molecule has 0 saturated heterocycles. The molecule has 3 aromatic rings. The Balaban J connectivity index is 1.39. The number of halogens is 3. The minimum Gasteiger partial charge on any atom is -0.492 e. The molecule has 0 aliphatic rings. The van der Waals surface area contributed by atoms with Crippen molar-refractivity contribution in [2.75, 3.05) is 17.7 Å². The number of nitrogens with one attached hydrogen (secondary N) is 1. The molecule has 1 aromatic heterocycles. The first-order valence-electron chi connectivity index (χ1n) is 9.00. The molecule has 30 heavy (non-hydrogen) atoms. The van der Waals surface area contributed by atoms with Crippen LogP contribution in [0.2, 0.25) is 15.1 Å². The summed E-state index contributed by atoms with van der Waals surface area (Å²) in [6, 6.07) is 10.4. The van der Waals surface area contributed by atoms with Crippen molar-refractivity contribution in [2.24, 2.45) is 0 Å². The van der Waals surface area contributed by atoms with E-state index in [2.05, 4.69) is 15.5 Å². The maximum absolute atomic E-state index is 12.1. The van der Waals surface area contributed by atoms with Gasteiger partial charge in [0.1, 0.15) is 5.75 Å². The van der Waals surface area contributed by atoms with Crippen molar-refractivity contribution in [2.45, 2.75) is 25.0 Å². The Morgan fingerprint density at radius 2 is 1.90 bits per heavy atom. The lowest BCUT2D eigenvalue weighted by atomic mass is 10.2. The van der Waals surface area contributed by atoms with E-state index in [4.69, 9.17) is 44.0 Å². The number of carbonyl (C=O) groups excluding carboxylic acids is 1. The van der Waals surface area contributed by atoms with Crippen LogP contribution in [0.3, 0.4) is 0 Å². The Kier molecular flexibility index (Phi) is 8.27. The largest absolute Gasteiger partial charge is 0.492 e. The Hall–Kier alpha value is -1.93. The molecule has 1 heterocycles. The van der Waals surface area contributed by atoms with Crippen LogP contribution in [0.1, 0.15) is 17.9 Å². The van der Waals surface area contributed by atoms with E-state index in [1.54, 1.807) is 36.4 Å². The third kappa shape index (κ3) is 6.80. The Morgan fingerprint density at radius 1 is 1.13 bits per heavy atom. The average molecular weight is 487 g/mol. The van der Waals surface area contributed by atoms with Crippen molar-refractivity contribution in [3.63, 3.8) is 0 Å². The first-order valence-corrected chi connectivity index (χ1v) is 11.1. The van der Waals surface area contributed by atoms with Gasteiger partial charge in [-0.05, 0) is 55.3 Å². The van der Waals surface area contributed by atoms with Gasteiger partial charge in [-0.1, -0.05) is 46.6 Å². The summed E-state index contributed by atoms with van der Waals surface area (Å²) in [4.78, 5) is 12.1. The molecule has 158 valence electrons. The normalized spacial score (nSPS) is 10.8. The summed E-state index contributed by atoms with van der Waals surface area (Å²) >= 11 is 19.0. The van der Waals surface area contributed by atoms with E-state index in [9.17, 15) is 4.79 Å². The Labute approximate surface area is 193 Å². The van der Waals surface area contributed by atoms with Gasteiger partial charge in [-0.15, -0.1) is 10.2 Å². The van der Waals surface area contributed by atoms with E-state index in [0.29, 0.717) is 51.4 Å².